The third-order valence-electron chi connectivity index (χ3n) is 12.2. The maximum absolute atomic E-state index is 14.2. The number of carbonyl (C=O) groups is 9. The summed E-state index contributed by atoms with van der Waals surface area (Å²) < 4.78 is 0. The molecule has 380 valence electrons. The first-order chi connectivity index (χ1) is 33.6. The van der Waals surface area contributed by atoms with Crippen molar-refractivity contribution in [3.63, 3.8) is 0 Å². The number of hydroxylamine groups is 1. The number of unbranched alkanes of at least 4 members (excludes halogenated alkanes) is 2. The van der Waals surface area contributed by atoms with E-state index in [4.69, 9.17) is 5.73 Å². The van der Waals surface area contributed by atoms with Crippen LogP contribution in [0.5, 0.6) is 0 Å². The van der Waals surface area contributed by atoms with Crippen molar-refractivity contribution >= 4 is 76.0 Å². The van der Waals surface area contributed by atoms with Gasteiger partial charge in [-0.05, 0) is 68.1 Å². The lowest BCUT2D eigenvalue weighted by Crippen LogP contribution is -2.56. The zero-order chi connectivity index (χ0) is 50.6. The van der Waals surface area contributed by atoms with Gasteiger partial charge in [-0.3, -0.25) is 43.6 Å². The van der Waals surface area contributed by atoms with E-state index >= 15 is 0 Å². The molecule has 2 fully saturated rings. The number of urea groups is 1. The number of rotatable bonds is 29. The molecule has 0 bridgehead atoms. The molecule has 70 heavy (non-hydrogen) atoms. The van der Waals surface area contributed by atoms with E-state index in [1.807, 2.05) is 55.9 Å². The van der Waals surface area contributed by atoms with E-state index in [0.29, 0.717) is 36.6 Å². The molecule has 2 aliphatic heterocycles. The minimum absolute atomic E-state index is 0.00588. The summed E-state index contributed by atoms with van der Waals surface area (Å²) in [4.78, 5) is 119. The monoisotopic (exact) mass is 989 g/mol. The van der Waals surface area contributed by atoms with Gasteiger partial charge in [0, 0.05) is 53.9 Å². The van der Waals surface area contributed by atoms with Gasteiger partial charge in [0.05, 0.1) is 31.1 Å². The van der Waals surface area contributed by atoms with Gasteiger partial charge in [0.15, 0.2) is 0 Å². The molecule has 22 heteroatoms. The zero-order valence-electron chi connectivity index (χ0n) is 39.6. The molecule has 2 aliphatic rings. The number of thioether (sulfide) groups is 1. The first-order valence-corrected chi connectivity index (χ1v) is 24.9. The van der Waals surface area contributed by atoms with Gasteiger partial charge < -0.3 is 53.3 Å². The van der Waals surface area contributed by atoms with Crippen LogP contribution in [0.4, 0.5) is 4.79 Å². The fraction of sp³-hybridized carbons (Fsp3) is 0.521. The number of primary amides is 1. The van der Waals surface area contributed by atoms with E-state index in [1.165, 1.54) is 0 Å². The lowest BCUT2D eigenvalue weighted by atomic mass is 9.94. The van der Waals surface area contributed by atoms with Crippen molar-refractivity contribution in [2.45, 2.75) is 120 Å². The largest absolute Gasteiger partial charge is 0.368 e. The Morgan fingerprint density at radius 2 is 1.47 bits per heavy atom. The number of H-pyrrole nitrogens is 1. The number of benzene rings is 2. The van der Waals surface area contributed by atoms with E-state index in [9.17, 15) is 48.4 Å². The lowest BCUT2D eigenvalue weighted by molar-refractivity contribution is -0.136. The molecule has 13 N–H and O–H groups in total. The van der Waals surface area contributed by atoms with E-state index in [1.54, 1.807) is 35.9 Å². The summed E-state index contributed by atoms with van der Waals surface area (Å²) in [5.74, 6) is -5.26. The summed E-state index contributed by atoms with van der Waals surface area (Å²) >= 11 is 1.84. The van der Waals surface area contributed by atoms with Gasteiger partial charge in [-0.2, -0.15) is 11.8 Å². The smallest absolute Gasteiger partial charge is 0.315 e. The molecule has 21 nitrogen and oxygen atoms in total. The number of fused-ring (bicyclic) bond motifs is 2. The van der Waals surface area contributed by atoms with Crippen LogP contribution < -0.4 is 53.7 Å². The summed E-state index contributed by atoms with van der Waals surface area (Å²) in [6, 6.07) is 13.2. The van der Waals surface area contributed by atoms with Gasteiger partial charge >= 0.3 is 6.03 Å². The molecule has 1 aromatic heterocycles. The third kappa shape index (κ3) is 17.4. The van der Waals surface area contributed by atoms with Gasteiger partial charge in [-0.1, -0.05) is 68.8 Å². The van der Waals surface area contributed by atoms with Gasteiger partial charge in [0.25, 0.3) is 0 Å². The van der Waals surface area contributed by atoms with Crippen molar-refractivity contribution in [1.29, 1.82) is 0 Å². The van der Waals surface area contributed by atoms with E-state index in [-0.39, 0.29) is 62.0 Å². The molecule has 5 rings (SSSR count). The van der Waals surface area contributed by atoms with Crippen molar-refractivity contribution in [2.24, 2.45) is 17.6 Å². The Kier molecular flexibility index (Phi) is 21.3. The quantitative estimate of drug-likeness (QED) is 0.0199. The zero-order valence-corrected chi connectivity index (χ0v) is 40.4. The normalized spacial score (nSPS) is 17.7. The summed E-state index contributed by atoms with van der Waals surface area (Å²) in [6.45, 7) is 2.99. The molecule has 1 unspecified atom stereocenters. The maximum atomic E-state index is 14.2. The van der Waals surface area contributed by atoms with Crippen LogP contribution in [0.3, 0.4) is 0 Å². The van der Waals surface area contributed by atoms with Crippen molar-refractivity contribution in [3.8, 4) is 0 Å². The topological polar surface area (TPSA) is 324 Å². The molecule has 10 amide bonds. The Balaban J connectivity index is 1.06. The van der Waals surface area contributed by atoms with Crippen molar-refractivity contribution < 1.29 is 48.4 Å². The summed E-state index contributed by atoms with van der Waals surface area (Å²) in [7, 11) is 0. The Morgan fingerprint density at radius 1 is 0.743 bits per heavy atom. The molecule has 7 atom stereocenters. The van der Waals surface area contributed by atoms with E-state index in [2.05, 4.69) is 47.5 Å². The first kappa shape index (κ1) is 54.3. The second-order valence-electron chi connectivity index (χ2n) is 18.2. The molecular formula is C48H67N11O10S. The van der Waals surface area contributed by atoms with Crippen LogP contribution in [0.2, 0.25) is 0 Å². The number of hydrogen-bond acceptors (Lipinski definition) is 11. The standard InChI is InChI=1S/C48H67N11O10S/c1-28(2)20-35(56-47(67)36(22-31-24-51-33-15-7-6-14-32(31)33)55-45(65)30(23-40(61)59-69)21-29-12-4-3-5-13-29)46(66)53-25-41(62)52-26-42(63)54-34(44(49)64)16-10-11-19-50-39(60)18-9-8-17-38-43-37(27-70-38)57-48(68)58-43/h3-7,12-15,24,28,30,34-38,43,51,69H,8-11,16-23,25-27H2,1-2H3,(H2,49,64)(H,50,60)(H,52,62)(H,53,66)(H,54,63)(H,55,65)(H,56,67)(H,59,61)(H2,57,58,68)/t30?,34-,35-,36-,37-,38-,43-/m0/s1. The predicted molar refractivity (Wildman–Crippen MR) is 261 cm³/mol. The molecule has 0 radical (unpaired) electrons. The Bertz CT molecular complexity index is 2300. The van der Waals surface area contributed by atoms with Crippen LogP contribution >= 0.6 is 11.8 Å². The van der Waals surface area contributed by atoms with E-state index < -0.39 is 78.5 Å². The average Bonchev–Trinajstić information content (AvgIpc) is 4.04. The number of amides is 10. The molecule has 3 aromatic rings. The number of para-hydroxylation sites is 1. The summed E-state index contributed by atoms with van der Waals surface area (Å²) in [5.41, 5.74) is 9.36. The van der Waals surface area contributed by atoms with Crippen molar-refractivity contribution in [2.75, 3.05) is 25.4 Å². The summed E-state index contributed by atoms with van der Waals surface area (Å²) in [6.07, 6.45) is 5.74. The summed E-state index contributed by atoms with van der Waals surface area (Å²) in [5, 5.41) is 32.1. The fourth-order valence-electron chi connectivity index (χ4n) is 8.55. The minimum Gasteiger partial charge on any atom is -0.368 e. The maximum Gasteiger partial charge on any atom is 0.315 e. The highest BCUT2D eigenvalue weighted by molar-refractivity contribution is 8.00. The molecule has 2 aromatic carbocycles. The van der Waals surface area contributed by atoms with Crippen molar-refractivity contribution in [1.82, 2.24) is 53.0 Å². The molecule has 2 saturated heterocycles. The van der Waals surface area contributed by atoms with Crippen LogP contribution in [0.1, 0.15) is 82.8 Å². The number of aromatic nitrogens is 1. The Hall–Kier alpha value is -6.68. The molecular weight excluding hydrogens is 923 g/mol. The van der Waals surface area contributed by atoms with Crippen LogP contribution in [0.15, 0.2) is 60.8 Å². The van der Waals surface area contributed by atoms with Gasteiger partial charge in [0.2, 0.25) is 47.3 Å². The van der Waals surface area contributed by atoms with Crippen molar-refractivity contribution in [3.05, 3.63) is 71.9 Å². The predicted octanol–water partition coefficient (Wildman–Crippen LogP) is 0.695. The van der Waals surface area contributed by atoms with Gasteiger partial charge in [-0.25, -0.2) is 10.3 Å². The molecule has 0 saturated carbocycles. The highest BCUT2D eigenvalue weighted by atomic mass is 32.2. The van der Waals surface area contributed by atoms with Gasteiger partial charge in [-0.15, -0.1) is 0 Å². The SMILES string of the molecule is CC(C)C[C@H](NC(=O)[C@H](Cc1c[nH]c2ccccc12)NC(=O)C(CC(=O)NO)Cc1ccccc1)C(=O)NCC(=O)NCC(=O)N[C@@H](CCCCNC(=O)CCCC[C@@H]1SC[C@@H]2NC(=O)N[C@@H]21)C(N)=O. The minimum atomic E-state index is -1.23. The van der Waals surface area contributed by atoms with Crippen LogP contribution in [0, 0.1) is 11.8 Å². The highest BCUT2D eigenvalue weighted by Gasteiger charge is 2.42. The highest BCUT2D eigenvalue weighted by Crippen LogP contribution is 2.33. The van der Waals surface area contributed by atoms with E-state index in [0.717, 1.165) is 41.5 Å². The molecule has 0 aliphatic carbocycles. The fourth-order valence-corrected chi connectivity index (χ4v) is 10.1. The van der Waals surface area contributed by atoms with Gasteiger partial charge in [0.1, 0.15) is 18.1 Å². The second kappa shape index (κ2) is 27.5. The number of carbonyl (C=O) groups excluding carboxylic acids is 9. The molecule has 0 spiro atoms. The third-order valence-corrected chi connectivity index (χ3v) is 13.7. The van der Waals surface area contributed by atoms with Crippen LogP contribution in [-0.2, 0) is 51.2 Å². The lowest BCUT2D eigenvalue weighted by Gasteiger charge is -2.26. The van der Waals surface area contributed by atoms with Crippen LogP contribution in [-0.4, -0.2) is 124 Å². The van der Waals surface area contributed by atoms with Crippen LogP contribution in [0.25, 0.3) is 10.9 Å². The number of aromatic amines is 1. The first-order valence-electron chi connectivity index (χ1n) is 23.8. The molecule has 3 heterocycles. The second-order valence-corrected chi connectivity index (χ2v) is 19.4. The Morgan fingerprint density at radius 3 is 2.21 bits per heavy atom. The average molecular weight is 990 g/mol. The number of hydrogen-bond donors (Lipinski definition) is 12. The Labute approximate surface area is 410 Å². The number of nitrogens with one attached hydrogen (secondary N) is 10. The number of nitrogens with two attached hydrogens (primary N) is 1.